The SMILES string of the molecule is CCc1ccsc1CNC(=O)c1ccc(C)cc1NN. The van der Waals surface area contributed by atoms with E-state index in [0.29, 0.717) is 17.8 Å². The molecule has 0 fully saturated rings. The van der Waals surface area contributed by atoms with Crippen molar-refractivity contribution in [2.24, 2.45) is 5.84 Å². The van der Waals surface area contributed by atoms with Crippen molar-refractivity contribution < 1.29 is 4.79 Å². The molecular formula is C15H19N3OS. The van der Waals surface area contributed by atoms with Crippen molar-refractivity contribution in [2.75, 3.05) is 5.43 Å². The summed E-state index contributed by atoms with van der Waals surface area (Å²) in [5, 5.41) is 5.00. The summed E-state index contributed by atoms with van der Waals surface area (Å²) in [4.78, 5) is 13.4. The van der Waals surface area contributed by atoms with Gasteiger partial charge in [-0.15, -0.1) is 11.3 Å². The molecule has 0 bridgehead atoms. The zero-order valence-electron chi connectivity index (χ0n) is 11.7. The van der Waals surface area contributed by atoms with E-state index in [1.165, 1.54) is 10.4 Å². The zero-order valence-corrected chi connectivity index (χ0v) is 12.5. The fourth-order valence-electron chi connectivity index (χ4n) is 2.07. The van der Waals surface area contributed by atoms with E-state index in [2.05, 4.69) is 29.1 Å². The highest BCUT2D eigenvalue weighted by molar-refractivity contribution is 7.10. The molecule has 0 atom stereocenters. The van der Waals surface area contributed by atoms with Crippen LogP contribution >= 0.6 is 11.3 Å². The number of rotatable bonds is 5. The van der Waals surface area contributed by atoms with Crippen molar-refractivity contribution in [1.82, 2.24) is 5.32 Å². The molecule has 4 nitrogen and oxygen atoms in total. The third kappa shape index (κ3) is 3.18. The smallest absolute Gasteiger partial charge is 0.253 e. The Bertz CT molecular complexity index is 607. The van der Waals surface area contributed by atoms with Crippen molar-refractivity contribution in [3.8, 4) is 0 Å². The Morgan fingerprint density at radius 2 is 2.15 bits per heavy atom. The molecule has 2 rings (SSSR count). The van der Waals surface area contributed by atoms with Crippen LogP contribution in [-0.2, 0) is 13.0 Å². The van der Waals surface area contributed by atoms with Gasteiger partial charge in [-0.05, 0) is 48.1 Å². The van der Waals surface area contributed by atoms with Gasteiger partial charge in [-0.2, -0.15) is 0 Å². The molecule has 0 saturated heterocycles. The van der Waals surface area contributed by atoms with Crippen LogP contribution in [0.5, 0.6) is 0 Å². The van der Waals surface area contributed by atoms with Crippen LogP contribution in [0, 0.1) is 6.92 Å². The number of benzene rings is 1. The maximum Gasteiger partial charge on any atom is 0.253 e. The number of hydrazine groups is 1. The lowest BCUT2D eigenvalue weighted by molar-refractivity contribution is 0.0952. The number of hydrogen-bond acceptors (Lipinski definition) is 4. The number of aryl methyl sites for hydroxylation is 2. The van der Waals surface area contributed by atoms with E-state index >= 15 is 0 Å². The molecular weight excluding hydrogens is 270 g/mol. The summed E-state index contributed by atoms with van der Waals surface area (Å²) in [5.74, 6) is 5.35. The molecule has 0 aliphatic rings. The number of thiophene rings is 1. The second-order valence-corrected chi connectivity index (χ2v) is 5.60. The molecule has 1 heterocycles. The number of hydrogen-bond donors (Lipinski definition) is 3. The molecule has 0 radical (unpaired) electrons. The third-order valence-corrected chi connectivity index (χ3v) is 4.17. The van der Waals surface area contributed by atoms with Gasteiger partial charge >= 0.3 is 0 Å². The molecule has 4 N–H and O–H groups in total. The van der Waals surface area contributed by atoms with E-state index in [9.17, 15) is 4.79 Å². The number of anilines is 1. The summed E-state index contributed by atoms with van der Waals surface area (Å²) in [5.41, 5.74) is 6.13. The van der Waals surface area contributed by atoms with Gasteiger partial charge in [0.2, 0.25) is 0 Å². The van der Waals surface area contributed by atoms with E-state index in [0.717, 1.165) is 12.0 Å². The normalized spacial score (nSPS) is 10.3. The predicted molar refractivity (Wildman–Crippen MR) is 83.9 cm³/mol. The number of nitrogens with two attached hydrogens (primary N) is 1. The van der Waals surface area contributed by atoms with Gasteiger partial charge in [-0.1, -0.05) is 13.0 Å². The largest absolute Gasteiger partial charge is 0.347 e. The molecule has 0 aliphatic heterocycles. The van der Waals surface area contributed by atoms with E-state index in [-0.39, 0.29) is 5.91 Å². The zero-order chi connectivity index (χ0) is 14.5. The minimum absolute atomic E-state index is 0.117. The number of carbonyl (C=O) groups excluding carboxylic acids is 1. The predicted octanol–water partition coefficient (Wildman–Crippen LogP) is 2.83. The lowest BCUT2D eigenvalue weighted by atomic mass is 10.1. The first kappa shape index (κ1) is 14.6. The third-order valence-electron chi connectivity index (χ3n) is 3.20. The van der Waals surface area contributed by atoms with Crippen molar-refractivity contribution in [1.29, 1.82) is 0 Å². The Balaban J connectivity index is 2.09. The fourth-order valence-corrected chi connectivity index (χ4v) is 2.98. The highest BCUT2D eigenvalue weighted by Crippen LogP contribution is 2.19. The van der Waals surface area contributed by atoms with E-state index < -0.39 is 0 Å². The van der Waals surface area contributed by atoms with Crippen LogP contribution in [0.3, 0.4) is 0 Å². The quantitative estimate of drug-likeness (QED) is 0.585. The maximum atomic E-state index is 12.2. The minimum atomic E-state index is -0.117. The Kier molecular flexibility index (Phi) is 4.76. The van der Waals surface area contributed by atoms with Gasteiger partial charge in [0.25, 0.3) is 5.91 Å². The highest BCUT2D eigenvalue weighted by Gasteiger charge is 2.11. The molecule has 0 spiro atoms. The highest BCUT2D eigenvalue weighted by atomic mass is 32.1. The Morgan fingerprint density at radius 3 is 2.85 bits per heavy atom. The Labute approximate surface area is 123 Å². The lowest BCUT2D eigenvalue weighted by Crippen LogP contribution is -2.24. The van der Waals surface area contributed by atoms with Crippen LogP contribution in [-0.4, -0.2) is 5.91 Å². The summed E-state index contributed by atoms with van der Waals surface area (Å²) in [6.45, 7) is 4.63. The van der Waals surface area contributed by atoms with Gasteiger partial charge in [-0.25, -0.2) is 0 Å². The van der Waals surface area contributed by atoms with Crippen LogP contribution in [0.15, 0.2) is 29.6 Å². The molecule has 0 saturated carbocycles. The second-order valence-electron chi connectivity index (χ2n) is 4.60. The maximum absolute atomic E-state index is 12.2. The molecule has 0 aliphatic carbocycles. The molecule has 106 valence electrons. The first-order valence-electron chi connectivity index (χ1n) is 6.56. The first-order valence-corrected chi connectivity index (χ1v) is 7.44. The topological polar surface area (TPSA) is 67.2 Å². The van der Waals surface area contributed by atoms with E-state index in [1.54, 1.807) is 17.4 Å². The van der Waals surface area contributed by atoms with Crippen LogP contribution in [0.2, 0.25) is 0 Å². The summed E-state index contributed by atoms with van der Waals surface area (Å²) in [6, 6.07) is 7.65. The molecule has 20 heavy (non-hydrogen) atoms. The molecule has 0 unspecified atom stereocenters. The van der Waals surface area contributed by atoms with Crippen molar-refractivity contribution in [3.63, 3.8) is 0 Å². The standard InChI is InChI=1S/C15H19N3OS/c1-3-11-6-7-20-14(11)9-17-15(19)12-5-4-10(2)8-13(12)18-16/h4-8,18H,3,9,16H2,1-2H3,(H,17,19). The molecule has 5 heteroatoms. The lowest BCUT2D eigenvalue weighted by Gasteiger charge is -2.10. The average Bonchev–Trinajstić information content (AvgIpc) is 2.92. The van der Waals surface area contributed by atoms with Crippen LogP contribution in [0.4, 0.5) is 5.69 Å². The summed E-state index contributed by atoms with van der Waals surface area (Å²) < 4.78 is 0. The number of carbonyl (C=O) groups is 1. The minimum Gasteiger partial charge on any atom is -0.347 e. The first-order chi connectivity index (χ1) is 9.65. The van der Waals surface area contributed by atoms with Gasteiger partial charge in [0.05, 0.1) is 17.8 Å². The summed E-state index contributed by atoms with van der Waals surface area (Å²) in [7, 11) is 0. The van der Waals surface area contributed by atoms with Crippen LogP contribution < -0.4 is 16.6 Å². The van der Waals surface area contributed by atoms with Crippen molar-refractivity contribution in [3.05, 3.63) is 51.2 Å². The van der Waals surface area contributed by atoms with Crippen molar-refractivity contribution >= 4 is 22.9 Å². The van der Waals surface area contributed by atoms with Gasteiger partial charge in [0.15, 0.2) is 0 Å². The Hall–Kier alpha value is -1.85. The van der Waals surface area contributed by atoms with Crippen molar-refractivity contribution in [2.45, 2.75) is 26.8 Å². The monoisotopic (exact) mass is 289 g/mol. The fraction of sp³-hybridized carbons (Fsp3) is 0.267. The number of nitrogens with one attached hydrogen (secondary N) is 2. The van der Waals surface area contributed by atoms with Gasteiger partial charge in [0, 0.05) is 4.88 Å². The van der Waals surface area contributed by atoms with Crippen LogP contribution in [0.25, 0.3) is 0 Å². The molecule has 1 amide bonds. The van der Waals surface area contributed by atoms with Crippen LogP contribution in [0.1, 0.15) is 33.3 Å². The molecule has 1 aromatic carbocycles. The molecule has 2 aromatic rings. The number of nitrogen functional groups attached to an aromatic ring is 1. The van der Waals surface area contributed by atoms with Gasteiger partial charge < -0.3 is 10.7 Å². The average molecular weight is 289 g/mol. The van der Waals surface area contributed by atoms with E-state index in [4.69, 9.17) is 5.84 Å². The van der Waals surface area contributed by atoms with Gasteiger partial charge in [0.1, 0.15) is 0 Å². The number of amides is 1. The Morgan fingerprint density at radius 1 is 1.35 bits per heavy atom. The summed E-state index contributed by atoms with van der Waals surface area (Å²) in [6.07, 6.45) is 0.981. The molecule has 1 aromatic heterocycles. The van der Waals surface area contributed by atoms with Gasteiger partial charge in [-0.3, -0.25) is 10.6 Å². The summed E-state index contributed by atoms with van der Waals surface area (Å²) >= 11 is 1.67. The van der Waals surface area contributed by atoms with E-state index in [1.807, 2.05) is 19.1 Å². The second kappa shape index (κ2) is 6.54.